The summed E-state index contributed by atoms with van der Waals surface area (Å²) >= 11 is 0. The maximum Gasteiger partial charge on any atom is 0.170 e. The lowest BCUT2D eigenvalue weighted by Gasteiger charge is -2.23. The van der Waals surface area contributed by atoms with Crippen molar-refractivity contribution in [2.75, 3.05) is 6.61 Å². The number of rotatable bonds is 4. The van der Waals surface area contributed by atoms with Gasteiger partial charge in [-0.1, -0.05) is 12.1 Å². The third-order valence-corrected chi connectivity index (χ3v) is 4.92. The number of nitriles is 1. The van der Waals surface area contributed by atoms with E-state index < -0.39 is 11.9 Å². The molecule has 0 N–H and O–H groups in total. The van der Waals surface area contributed by atoms with Crippen molar-refractivity contribution in [2.24, 2.45) is 0 Å². The number of hydrogen-bond acceptors (Lipinski definition) is 5. The summed E-state index contributed by atoms with van der Waals surface area (Å²) in [7, 11) is 0. The van der Waals surface area contributed by atoms with Crippen molar-refractivity contribution in [3.05, 3.63) is 88.0 Å². The Hall–Kier alpha value is -3.72. The van der Waals surface area contributed by atoms with Crippen LogP contribution in [0.4, 0.5) is 4.39 Å². The molecule has 3 aromatic rings. The number of Topliss-reactive ketones (excluding diaryl/α,β-unsaturated/α-hetero) is 1. The van der Waals surface area contributed by atoms with Crippen LogP contribution in [0.5, 0.6) is 11.5 Å². The van der Waals surface area contributed by atoms with Crippen molar-refractivity contribution in [2.45, 2.75) is 26.4 Å². The largest absolute Gasteiger partial charge is 0.492 e. The second kappa shape index (κ2) is 7.96. The van der Waals surface area contributed by atoms with E-state index in [1.54, 1.807) is 24.3 Å². The number of ketones is 1. The standard InChI is InChI=1S/C24H19FN2O3/c1-14-9-18(10-15(2)27-14)24(17-5-3-16(13-26)4-6-17)30-23-12-22-19(11-20(23)25)21(28)7-8-29-22/h3-6,9-12,24H,7-8H2,1-2H3/t24-/m1/s1. The maximum absolute atomic E-state index is 14.8. The molecule has 4 rings (SSSR count). The number of carbonyl (C=O) groups excluding carboxylic acids is 1. The summed E-state index contributed by atoms with van der Waals surface area (Å²) in [5, 5.41) is 9.08. The van der Waals surface area contributed by atoms with Gasteiger partial charge in [0.1, 0.15) is 11.9 Å². The van der Waals surface area contributed by atoms with Crippen LogP contribution in [0.25, 0.3) is 0 Å². The quantitative estimate of drug-likeness (QED) is 0.624. The number of aryl methyl sites for hydroxylation is 2. The first kappa shape index (κ1) is 19.6. The molecule has 1 aromatic heterocycles. The van der Waals surface area contributed by atoms with E-state index in [9.17, 15) is 9.18 Å². The van der Waals surface area contributed by atoms with Crippen molar-refractivity contribution in [3.63, 3.8) is 0 Å². The first-order valence-electron chi connectivity index (χ1n) is 9.56. The van der Waals surface area contributed by atoms with E-state index in [1.807, 2.05) is 26.0 Å². The summed E-state index contributed by atoms with van der Waals surface area (Å²) in [6.45, 7) is 4.02. The Labute approximate surface area is 173 Å². The Balaban J connectivity index is 1.78. The summed E-state index contributed by atoms with van der Waals surface area (Å²) < 4.78 is 26.5. The van der Waals surface area contributed by atoms with E-state index >= 15 is 0 Å². The Kier molecular flexibility index (Phi) is 5.20. The molecule has 0 aliphatic carbocycles. The van der Waals surface area contributed by atoms with E-state index in [4.69, 9.17) is 14.7 Å². The van der Waals surface area contributed by atoms with Gasteiger partial charge in [0, 0.05) is 29.4 Å². The number of aromatic nitrogens is 1. The predicted octanol–water partition coefficient (Wildman–Crippen LogP) is 4.84. The van der Waals surface area contributed by atoms with Crippen LogP contribution in [0.2, 0.25) is 0 Å². The van der Waals surface area contributed by atoms with Gasteiger partial charge in [0.05, 0.1) is 23.8 Å². The smallest absolute Gasteiger partial charge is 0.170 e. The van der Waals surface area contributed by atoms with Crippen LogP contribution in [0.1, 0.15) is 51.0 Å². The van der Waals surface area contributed by atoms with E-state index in [2.05, 4.69) is 11.1 Å². The fourth-order valence-electron chi connectivity index (χ4n) is 3.56. The summed E-state index contributed by atoms with van der Waals surface area (Å²) in [6, 6.07) is 15.4. The van der Waals surface area contributed by atoms with E-state index in [0.717, 1.165) is 22.5 Å². The Morgan fingerprint density at radius 3 is 2.47 bits per heavy atom. The van der Waals surface area contributed by atoms with Gasteiger partial charge in [-0.25, -0.2) is 4.39 Å². The molecule has 0 bridgehead atoms. The molecule has 0 radical (unpaired) electrons. The number of pyridine rings is 1. The third-order valence-electron chi connectivity index (χ3n) is 4.92. The molecule has 1 atom stereocenters. The molecule has 30 heavy (non-hydrogen) atoms. The predicted molar refractivity (Wildman–Crippen MR) is 108 cm³/mol. The molecule has 1 aliphatic heterocycles. The molecular weight excluding hydrogens is 383 g/mol. The SMILES string of the molecule is Cc1cc([C@H](Oc2cc3c(cc2F)C(=O)CCO3)c2ccc(C#N)cc2)cc(C)n1. The third kappa shape index (κ3) is 3.87. The molecule has 0 fully saturated rings. The lowest BCUT2D eigenvalue weighted by atomic mass is 9.99. The van der Waals surface area contributed by atoms with E-state index in [-0.39, 0.29) is 30.1 Å². The van der Waals surface area contributed by atoms with Crippen molar-refractivity contribution >= 4 is 5.78 Å². The van der Waals surface area contributed by atoms with Crippen LogP contribution in [0.3, 0.4) is 0 Å². The van der Waals surface area contributed by atoms with E-state index in [0.29, 0.717) is 11.3 Å². The Morgan fingerprint density at radius 1 is 1.10 bits per heavy atom. The Morgan fingerprint density at radius 2 is 1.80 bits per heavy atom. The lowest BCUT2D eigenvalue weighted by molar-refractivity contribution is 0.0932. The van der Waals surface area contributed by atoms with Gasteiger partial charge in [-0.15, -0.1) is 0 Å². The number of benzene rings is 2. The van der Waals surface area contributed by atoms with E-state index in [1.165, 1.54) is 12.1 Å². The van der Waals surface area contributed by atoms with Gasteiger partial charge >= 0.3 is 0 Å². The highest BCUT2D eigenvalue weighted by molar-refractivity contribution is 5.99. The van der Waals surface area contributed by atoms with Gasteiger partial charge in [-0.2, -0.15) is 5.26 Å². The minimum absolute atomic E-state index is 0.00933. The minimum Gasteiger partial charge on any atom is -0.492 e. The Bertz CT molecular complexity index is 1150. The first-order valence-corrected chi connectivity index (χ1v) is 9.56. The fourth-order valence-corrected chi connectivity index (χ4v) is 3.56. The van der Waals surface area contributed by atoms with Crippen LogP contribution < -0.4 is 9.47 Å². The summed E-state index contributed by atoms with van der Waals surface area (Å²) in [5.74, 6) is -0.465. The molecule has 150 valence electrons. The van der Waals surface area contributed by atoms with Crippen molar-refractivity contribution in [1.29, 1.82) is 5.26 Å². The molecule has 2 heterocycles. The highest BCUT2D eigenvalue weighted by Crippen LogP contribution is 2.36. The number of carbonyl (C=O) groups is 1. The monoisotopic (exact) mass is 402 g/mol. The molecular formula is C24H19FN2O3. The minimum atomic E-state index is -0.634. The van der Waals surface area contributed by atoms with Crippen LogP contribution in [-0.4, -0.2) is 17.4 Å². The maximum atomic E-state index is 14.8. The zero-order valence-corrected chi connectivity index (χ0v) is 16.6. The normalized spacial score (nSPS) is 13.7. The molecule has 6 heteroatoms. The number of halogens is 1. The molecule has 0 amide bonds. The molecule has 0 saturated heterocycles. The van der Waals surface area contributed by atoms with Gasteiger partial charge in [0.25, 0.3) is 0 Å². The average Bonchev–Trinajstić information content (AvgIpc) is 2.72. The molecule has 0 spiro atoms. The molecule has 0 unspecified atom stereocenters. The zero-order valence-electron chi connectivity index (χ0n) is 16.6. The number of hydrogen-bond donors (Lipinski definition) is 0. The van der Waals surface area contributed by atoms with Crippen molar-refractivity contribution in [3.8, 4) is 17.6 Å². The van der Waals surface area contributed by atoms with Crippen LogP contribution >= 0.6 is 0 Å². The number of ether oxygens (including phenoxy) is 2. The van der Waals surface area contributed by atoms with Crippen molar-refractivity contribution < 1.29 is 18.7 Å². The zero-order chi connectivity index (χ0) is 21.3. The first-order chi connectivity index (χ1) is 14.4. The van der Waals surface area contributed by atoms with Gasteiger partial charge in [0.2, 0.25) is 0 Å². The average molecular weight is 402 g/mol. The second-order valence-electron chi connectivity index (χ2n) is 7.22. The highest BCUT2D eigenvalue weighted by Gasteiger charge is 2.25. The number of fused-ring (bicyclic) bond motifs is 1. The lowest BCUT2D eigenvalue weighted by Crippen LogP contribution is -2.17. The van der Waals surface area contributed by atoms with Gasteiger partial charge in [-0.3, -0.25) is 9.78 Å². The molecule has 2 aromatic carbocycles. The number of nitrogens with zero attached hydrogens (tertiary/aromatic N) is 2. The van der Waals surface area contributed by atoms with Crippen LogP contribution in [-0.2, 0) is 0 Å². The topological polar surface area (TPSA) is 72.2 Å². The molecule has 1 aliphatic rings. The summed E-state index contributed by atoms with van der Waals surface area (Å²) in [5.41, 5.74) is 3.94. The van der Waals surface area contributed by atoms with Gasteiger partial charge in [-0.05, 0) is 49.7 Å². The fraction of sp³-hybridized carbons (Fsp3) is 0.208. The summed E-state index contributed by atoms with van der Waals surface area (Å²) in [6.07, 6.45) is -0.402. The second-order valence-corrected chi connectivity index (χ2v) is 7.22. The highest BCUT2D eigenvalue weighted by atomic mass is 19.1. The van der Waals surface area contributed by atoms with Crippen LogP contribution in [0, 0.1) is 31.0 Å². The summed E-state index contributed by atoms with van der Waals surface area (Å²) in [4.78, 5) is 16.4. The van der Waals surface area contributed by atoms with Crippen LogP contribution in [0.15, 0.2) is 48.5 Å². The van der Waals surface area contributed by atoms with Crippen molar-refractivity contribution in [1.82, 2.24) is 4.98 Å². The molecule has 5 nitrogen and oxygen atoms in total. The van der Waals surface area contributed by atoms with Gasteiger partial charge in [0.15, 0.2) is 17.3 Å². The molecule has 0 saturated carbocycles. The van der Waals surface area contributed by atoms with Gasteiger partial charge < -0.3 is 9.47 Å².